The molecule has 1 amide bonds. The van der Waals surface area contributed by atoms with Crippen LogP contribution in [0, 0.1) is 5.82 Å². The molecule has 0 aliphatic rings. The van der Waals surface area contributed by atoms with Gasteiger partial charge in [0.25, 0.3) is 5.91 Å². The highest BCUT2D eigenvalue weighted by Gasteiger charge is 2.10. The van der Waals surface area contributed by atoms with Crippen LogP contribution in [0.15, 0.2) is 34.8 Å². The first-order valence-electron chi connectivity index (χ1n) is 6.20. The quantitative estimate of drug-likeness (QED) is 0.918. The molecule has 0 saturated carbocycles. The summed E-state index contributed by atoms with van der Waals surface area (Å²) >= 11 is 3.36. The number of anilines is 1. The van der Waals surface area contributed by atoms with E-state index in [0.29, 0.717) is 12.4 Å². The molecular formula is C14H14BrFN4O. The number of hydrogen-bond donors (Lipinski definition) is 1. The lowest BCUT2D eigenvalue weighted by Crippen LogP contribution is -2.23. The molecule has 0 atom stereocenters. The summed E-state index contributed by atoms with van der Waals surface area (Å²) in [7, 11) is 3.30. The fraction of sp³-hybridized carbons (Fsp3) is 0.214. The standard InChI is InChI=1S/C14H14BrFN4O/c1-20(2)14(21)12-5-6-13(19-18-12)17-8-9-7-10(16)3-4-11(9)15/h3-7H,8H2,1-2H3,(H,17,19). The predicted molar refractivity (Wildman–Crippen MR) is 81.5 cm³/mol. The molecule has 1 N–H and O–H groups in total. The minimum Gasteiger partial charge on any atom is -0.364 e. The van der Waals surface area contributed by atoms with Crippen LogP contribution in [0.2, 0.25) is 0 Å². The second-order valence-corrected chi connectivity index (χ2v) is 5.45. The number of hydrogen-bond acceptors (Lipinski definition) is 4. The van der Waals surface area contributed by atoms with E-state index in [1.54, 1.807) is 32.3 Å². The number of amides is 1. The number of nitrogens with one attached hydrogen (secondary N) is 1. The maximum Gasteiger partial charge on any atom is 0.273 e. The van der Waals surface area contributed by atoms with Gasteiger partial charge in [-0.1, -0.05) is 15.9 Å². The lowest BCUT2D eigenvalue weighted by atomic mass is 10.2. The smallest absolute Gasteiger partial charge is 0.273 e. The molecule has 2 aromatic rings. The van der Waals surface area contributed by atoms with Gasteiger partial charge in [-0.15, -0.1) is 10.2 Å². The predicted octanol–water partition coefficient (Wildman–Crippen LogP) is 2.69. The van der Waals surface area contributed by atoms with Crippen molar-refractivity contribution in [3.63, 3.8) is 0 Å². The molecule has 0 saturated heterocycles. The molecule has 0 aliphatic heterocycles. The lowest BCUT2D eigenvalue weighted by Gasteiger charge is -2.10. The number of benzene rings is 1. The van der Waals surface area contributed by atoms with E-state index in [4.69, 9.17) is 0 Å². The third-order valence-corrected chi connectivity index (χ3v) is 3.53. The number of nitrogens with zero attached hydrogens (tertiary/aromatic N) is 3. The number of halogens is 2. The highest BCUT2D eigenvalue weighted by Crippen LogP contribution is 2.18. The average molecular weight is 353 g/mol. The van der Waals surface area contributed by atoms with Crippen LogP contribution in [-0.4, -0.2) is 35.1 Å². The summed E-state index contributed by atoms with van der Waals surface area (Å²) < 4.78 is 14.0. The molecule has 1 aromatic carbocycles. The van der Waals surface area contributed by atoms with Gasteiger partial charge in [-0.25, -0.2) is 4.39 Å². The Morgan fingerprint density at radius 1 is 1.29 bits per heavy atom. The Hall–Kier alpha value is -2.02. The monoisotopic (exact) mass is 352 g/mol. The van der Waals surface area contributed by atoms with Crippen molar-refractivity contribution in [1.29, 1.82) is 0 Å². The summed E-state index contributed by atoms with van der Waals surface area (Å²) in [6, 6.07) is 7.73. The second-order valence-electron chi connectivity index (χ2n) is 4.59. The molecule has 0 aliphatic carbocycles. The van der Waals surface area contributed by atoms with E-state index in [1.807, 2.05) is 0 Å². The van der Waals surface area contributed by atoms with Crippen LogP contribution < -0.4 is 5.32 Å². The zero-order valence-electron chi connectivity index (χ0n) is 11.6. The topological polar surface area (TPSA) is 58.1 Å². The highest BCUT2D eigenvalue weighted by molar-refractivity contribution is 9.10. The minimum atomic E-state index is -0.298. The van der Waals surface area contributed by atoms with E-state index in [9.17, 15) is 9.18 Å². The summed E-state index contributed by atoms with van der Waals surface area (Å²) in [5.74, 6) is 0.0106. The largest absolute Gasteiger partial charge is 0.364 e. The van der Waals surface area contributed by atoms with Crippen LogP contribution in [0.4, 0.5) is 10.2 Å². The summed E-state index contributed by atoms with van der Waals surface area (Å²) in [5, 5.41) is 10.8. The molecule has 2 rings (SSSR count). The lowest BCUT2D eigenvalue weighted by molar-refractivity contribution is 0.0821. The maximum atomic E-state index is 13.2. The Balaban J connectivity index is 2.04. The maximum absolute atomic E-state index is 13.2. The Labute approximate surface area is 130 Å². The molecule has 0 fully saturated rings. The van der Waals surface area contributed by atoms with Crippen molar-refractivity contribution in [2.75, 3.05) is 19.4 Å². The molecule has 0 bridgehead atoms. The van der Waals surface area contributed by atoms with Gasteiger partial charge in [0.05, 0.1) is 0 Å². The Kier molecular flexibility index (Phi) is 4.85. The Morgan fingerprint density at radius 3 is 2.67 bits per heavy atom. The molecule has 21 heavy (non-hydrogen) atoms. The molecule has 1 heterocycles. The average Bonchev–Trinajstić information content (AvgIpc) is 2.48. The number of aromatic nitrogens is 2. The van der Waals surface area contributed by atoms with Crippen molar-refractivity contribution in [3.8, 4) is 0 Å². The molecule has 5 nitrogen and oxygen atoms in total. The van der Waals surface area contributed by atoms with E-state index in [0.717, 1.165) is 10.0 Å². The van der Waals surface area contributed by atoms with Crippen LogP contribution in [0.25, 0.3) is 0 Å². The Bertz CT molecular complexity index is 646. The van der Waals surface area contributed by atoms with Crippen LogP contribution in [0.5, 0.6) is 0 Å². The normalized spacial score (nSPS) is 10.3. The van der Waals surface area contributed by atoms with Crippen molar-refractivity contribution in [3.05, 3.63) is 51.9 Å². The fourth-order valence-corrected chi connectivity index (χ4v) is 2.02. The minimum absolute atomic E-state index is 0.207. The summed E-state index contributed by atoms with van der Waals surface area (Å²) in [5.41, 5.74) is 1.04. The molecule has 0 unspecified atom stereocenters. The van der Waals surface area contributed by atoms with Crippen LogP contribution in [0.3, 0.4) is 0 Å². The van der Waals surface area contributed by atoms with E-state index >= 15 is 0 Å². The van der Waals surface area contributed by atoms with Crippen molar-refractivity contribution in [2.45, 2.75) is 6.54 Å². The summed E-state index contributed by atoms with van der Waals surface area (Å²) in [4.78, 5) is 13.1. The van der Waals surface area contributed by atoms with Crippen LogP contribution in [-0.2, 0) is 6.54 Å². The molecule has 110 valence electrons. The van der Waals surface area contributed by atoms with Gasteiger partial charge in [-0.3, -0.25) is 4.79 Å². The van der Waals surface area contributed by atoms with E-state index in [2.05, 4.69) is 31.4 Å². The highest BCUT2D eigenvalue weighted by atomic mass is 79.9. The summed E-state index contributed by atoms with van der Waals surface area (Å²) in [6.45, 7) is 0.397. The van der Waals surface area contributed by atoms with E-state index in [1.165, 1.54) is 17.0 Å². The van der Waals surface area contributed by atoms with Gasteiger partial charge in [-0.05, 0) is 35.9 Å². The first kappa shape index (κ1) is 15.4. The first-order chi connectivity index (χ1) is 9.97. The SMILES string of the molecule is CN(C)C(=O)c1ccc(NCc2cc(F)ccc2Br)nn1. The van der Waals surface area contributed by atoms with Gasteiger partial charge < -0.3 is 10.2 Å². The molecular weight excluding hydrogens is 339 g/mol. The Morgan fingerprint density at radius 2 is 2.05 bits per heavy atom. The zero-order chi connectivity index (χ0) is 15.4. The third kappa shape index (κ3) is 3.98. The van der Waals surface area contributed by atoms with Gasteiger partial charge in [0.2, 0.25) is 0 Å². The molecule has 7 heteroatoms. The number of carbonyl (C=O) groups excluding carboxylic acids is 1. The van der Waals surface area contributed by atoms with Crippen molar-refractivity contribution in [2.24, 2.45) is 0 Å². The second kappa shape index (κ2) is 6.62. The molecule has 1 aromatic heterocycles. The van der Waals surface area contributed by atoms with Crippen LogP contribution in [0.1, 0.15) is 16.1 Å². The third-order valence-electron chi connectivity index (χ3n) is 2.76. The van der Waals surface area contributed by atoms with Crippen molar-refractivity contribution < 1.29 is 9.18 Å². The van der Waals surface area contributed by atoms with Crippen molar-refractivity contribution >= 4 is 27.7 Å². The first-order valence-corrected chi connectivity index (χ1v) is 7.00. The van der Waals surface area contributed by atoms with E-state index in [-0.39, 0.29) is 17.4 Å². The van der Waals surface area contributed by atoms with Crippen molar-refractivity contribution in [1.82, 2.24) is 15.1 Å². The fourth-order valence-electron chi connectivity index (χ4n) is 1.63. The number of carbonyl (C=O) groups is 1. The zero-order valence-corrected chi connectivity index (χ0v) is 13.2. The van der Waals surface area contributed by atoms with Gasteiger partial charge >= 0.3 is 0 Å². The molecule has 0 radical (unpaired) electrons. The van der Waals surface area contributed by atoms with Gasteiger partial charge in [-0.2, -0.15) is 0 Å². The van der Waals surface area contributed by atoms with E-state index < -0.39 is 0 Å². The van der Waals surface area contributed by atoms with Gasteiger partial charge in [0, 0.05) is 25.1 Å². The van der Waals surface area contributed by atoms with Crippen LogP contribution >= 0.6 is 15.9 Å². The number of rotatable bonds is 4. The van der Waals surface area contributed by atoms with Gasteiger partial charge in [0.15, 0.2) is 5.69 Å². The van der Waals surface area contributed by atoms with Gasteiger partial charge in [0.1, 0.15) is 11.6 Å². The molecule has 0 spiro atoms. The summed E-state index contributed by atoms with van der Waals surface area (Å²) in [6.07, 6.45) is 0.